The van der Waals surface area contributed by atoms with Crippen molar-refractivity contribution in [3.63, 3.8) is 0 Å². The second kappa shape index (κ2) is 18.4. The Hall–Kier alpha value is -10.8. The molecule has 0 saturated heterocycles. The van der Waals surface area contributed by atoms with Gasteiger partial charge in [0, 0.05) is 59.0 Å². The zero-order valence-electron chi connectivity index (χ0n) is 49.4. The highest BCUT2D eigenvalue weighted by Gasteiger charge is 2.37. The van der Waals surface area contributed by atoms with E-state index in [2.05, 4.69) is 97.1 Å². The molecule has 0 unspecified atom stereocenters. The molecule has 2 aliphatic heterocycles. The molecule has 12 nitrogen and oxygen atoms in total. The molecule has 2 aliphatic rings. The maximum atomic E-state index is 14.3. The van der Waals surface area contributed by atoms with E-state index in [1.807, 2.05) is 46.4 Å². The minimum Gasteiger partial charge on any atom is -0.347 e. The van der Waals surface area contributed by atoms with Crippen molar-refractivity contribution in [3.05, 3.63) is 168 Å². The number of benzene rings is 17. The zero-order valence-corrected chi connectivity index (χ0v) is 50.2. The third kappa shape index (κ3) is 7.18. The number of imide groups is 2. The van der Waals surface area contributed by atoms with Gasteiger partial charge in [0.1, 0.15) is 6.54 Å². The third-order valence-electron chi connectivity index (χ3n) is 20.6. The number of alkyl halides is 3. The van der Waals surface area contributed by atoms with Crippen LogP contribution in [0.4, 0.5) is 13.2 Å². The molecule has 0 aromatic heterocycles. The SMILES string of the molecule is CS(=O)(=O)NC(=O)CCCCN1C(=O)c2ccc3c4ccc5c6ccc7c8ccc9c%10ccc%11c%12ccc%13c%14c(ccc(c%15ccc(c%16ccc(c%17ccc(c%18ccc(c%19ccc(c2c3%19)C1=O)c4c5%18)c6c7%17)c8c9%16)c%10c%11%15)c%14%12)C(=O)N(CCCCC(=O)NCC(F)(F)F)C%13=O. The Morgan fingerprint density at radius 2 is 0.538 bits per heavy atom. The lowest BCUT2D eigenvalue weighted by molar-refractivity contribution is -0.138. The lowest BCUT2D eigenvalue weighted by atomic mass is 9.79. The van der Waals surface area contributed by atoms with E-state index < -0.39 is 58.2 Å². The van der Waals surface area contributed by atoms with Gasteiger partial charge in [0.05, 0.1) is 6.26 Å². The molecule has 19 rings (SSSR count). The van der Waals surface area contributed by atoms with E-state index in [9.17, 15) is 50.4 Å². The van der Waals surface area contributed by atoms with Crippen LogP contribution in [0.2, 0.25) is 0 Å². The average Bonchev–Trinajstić information content (AvgIpc) is 0.683. The first-order valence-corrected chi connectivity index (χ1v) is 33.0. The molecule has 17 aromatic rings. The highest BCUT2D eigenvalue weighted by molar-refractivity contribution is 7.89. The molecule has 2 heterocycles. The number of hydrogen-bond acceptors (Lipinski definition) is 8. The van der Waals surface area contributed by atoms with Crippen LogP contribution in [0.5, 0.6) is 0 Å². The lowest BCUT2D eigenvalue weighted by Crippen LogP contribution is -2.41. The molecule has 0 atom stereocenters. The van der Waals surface area contributed by atoms with Crippen LogP contribution in [-0.2, 0) is 19.6 Å². The fourth-order valence-corrected chi connectivity index (χ4v) is 17.5. The molecule has 17 aromatic carbocycles. The van der Waals surface area contributed by atoms with Crippen LogP contribution >= 0.6 is 0 Å². The van der Waals surface area contributed by atoms with Gasteiger partial charge in [-0.3, -0.25) is 43.3 Å². The topological polar surface area (TPSA) is 167 Å². The lowest BCUT2D eigenvalue weighted by Gasteiger charge is -2.29. The number of amides is 6. The summed E-state index contributed by atoms with van der Waals surface area (Å²) in [5, 5.41) is 35.8. The molecule has 2 N–H and O–H groups in total. The van der Waals surface area contributed by atoms with E-state index in [-0.39, 0.29) is 38.8 Å². The molecule has 0 radical (unpaired) electrons. The zero-order chi connectivity index (χ0) is 63.2. The van der Waals surface area contributed by atoms with Gasteiger partial charge < -0.3 is 5.32 Å². The normalized spacial score (nSPS) is 14.4. The second-order valence-electron chi connectivity index (χ2n) is 25.6. The molecule has 450 valence electrons. The Morgan fingerprint density at radius 1 is 0.333 bits per heavy atom. The number of carbonyl (C=O) groups is 6. The molecule has 0 aliphatic carbocycles. The molecule has 0 spiro atoms. The molecular weight excluding hydrogens is 1200 g/mol. The largest absolute Gasteiger partial charge is 0.405 e. The summed E-state index contributed by atoms with van der Waals surface area (Å²) in [5.74, 6) is -3.07. The van der Waals surface area contributed by atoms with Crippen LogP contribution in [0, 0.1) is 0 Å². The summed E-state index contributed by atoms with van der Waals surface area (Å²) in [5.41, 5.74) is 1.69. The first-order valence-electron chi connectivity index (χ1n) is 31.1. The number of unbranched alkanes of at least 4 members (excludes halogenated alkanes) is 2. The molecule has 93 heavy (non-hydrogen) atoms. The van der Waals surface area contributed by atoms with E-state index in [1.54, 1.807) is 12.1 Å². The summed E-state index contributed by atoms with van der Waals surface area (Å²) in [4.78, 5) is 83.7. The van der Waals surface area contributed by atoms with Gasteiger partial charge in [-0.1, -0.05) is 121 Å². The first-order chi connectivity index (χ1) is 44.9. The van der Waals surface area contributed by atoms with Gasteiger partial charge in [-0.15, -0.1) is 0 Å². The van der Waals surface area contributed by atoms with Gasteiger partial charge in [-0.05, 0) is 212 Å². The van der Waals surface area contributed by atoms with Crippen molar-refractivity contribution in [1.29, 1.82) is 0 Å². The Balaban J connectivity index is 0.718. The van der Waals surface area contributed by atoms with Crippen molar-refractivity contribution in [2.75, 3.05) is 25.9 Å². The van der Waals surface area contributed by atoms with Crippen molar-refractivity contribution in [2.45, 2.75) is 44.7 Å². The van der Waals surface area contributed by atoms with Crippen LogP contribution in [0.3, 0.4) is 0 Å². The van der Waals surface area contributed by atoms with Crippen molar-refractivity contribution < 1.29 is 50.4 Å². The maximum Gasteiger partial charge on any atom is 0.405 e. The van der Waals surface area contributed by atoms with Gasteiger partial charge in [0.2, 0.25) is 21.8 Å². The van der Waals surface area contributed by atoms with E-state index in [0.717, 1.165) is 125 Å². The van der Waals surface area contributed by atoms with Crippen LogP contribution in [0.1, 0.15) is 80.0 Å². The molecule has 0 fully saturated rings. The second-order valence-corrected chi connectivity index (χ2v) is 27.3. The van der Waals surface area contributed by atoms with E-state index in [0.29, 0.717) is 45.9 Å². The van der Waals surface area contributed by atoms with E-state index >= 15 is 0 Å². The highest BCUT2D eigenvalue weighted by atomic mass is 32.2. The van der Waals surface area contributed by atoms with E-state index in [4.69, 9.17) is 0 Å². The van der Waals surface area contributed by atoms with Gasteiger partial charge >= 0.3 is 6.18 Å². The van der Waals surface area contributed by atoms with Crippen molar-refractivity contribution in [3.8, 4) is 0 Å². The Morgan fingerprint density at radius 3 is 0.753 bits per heavy atom. The fraction of sp³-hybridized carbons (Fsp3) is 0.143. The summed E-state index contributed by atoms with van der Waals surface area (Å²) in [6.07, 6.45) is -2.75. The predicted octanol–water partition coefficient (Wildman–Crippen LogP) is 16.6. The first kappa shape index (κ1) is 53.9. The summed E-state index contributed by atoms with van der Waals surface area (Å²) in [6.45, 7) is -1.31. The molecular formula is C77H47F3N4O8S. The number of nitrogens with zero attached hydrogens (tertiary/aromatic N) is 2. The Bertz CT molecular complexity index is 6200. The minimum absolute atomic E-state index is 0.0205. The number of nitrogens with one attached hydrogen (secondary N) is 2. The highest BCUT2D eigenvalue weighted by Crippen LogP contribution is 2.55. The molecule has 0 bridgehead atoms. The Labute approximate surface area is 523 Å². The summed E-state index contributed by atoms with van der Waals surface area (Å²) < 4.78 is 63.0. The van der Waals surface area contributed by atoms with Crippen molar-refractivity contribution in [1.82, 2.24) is 19.8 Å². The number of rotatable bonds is 12. The van der Waals surface area contributed by atoms with Gasteiger partial charge in [0.25, 0.3) is 23.6 Å². The Kier molecular flexibility index (Phi) is 10.7. The van der Waals surface area contributed by atoms with Gasteiger partial charge in [-0.25, -0.2) is 8.42 Å². The number of fused-ring (bicyclic) bond motifs is 10. The number of carbonyl (C=O) groups excluding carboxylic acids is 6. The van der Waals surface area contributed by atoms with Crippen molar-refractivity contribution >= 4 is 218 Å². The van der Waals surface area contributed by atoms with Crippen LogP contribution in [0.15, 0.2) is 146 Å². The predicted molar refractivity (Wildman–Crippen MR) is 363 cm³/mol. The average molecular weight is 1250 g/mol. The molecule has 16 heteroatoms. The van der Waals surface area contributed by atoms with Gasteiger partial charge in [0.15, 0.2) is 0 Å². The van der Waals surface area contributed by atoms with Gasteiger partial charge in [-0.2, -0.15) is 13.2 Å². The number of hydrogen-bond donors (Lipinski definition) is 2. The third-order valence-corrected chi connectivity index (χ3v) is 21.2. The van der Waals surface area contributed by atoms with E-state index in [1.165, 1.54) is 52.9 Å². The number of halogens is 3. The van der Waals surface area contributed by atoms with Crippen LogP contribution < -0.4 is 10.0 Å². The number of sulfonamides is 1. The van der Waals surface area contributed by atoms with Crippen LogP contribution in [0.25, 0.3) is 172 Å². The minimum atomic E-state index is -4.52. The quantitative estimate of drug-likeness (QED) is 0.0528. The van der Waals surface area contributed by atoms with Crippen LogP contribution in [-0.4, -0.2) is 85.7 Å². The molecule has 0 saturated carbocycles. The monoisotopic (exact) mass is 1240 g/mol. The smallest absolute Gasteiger partial charge is 0.347 e. The summed E-state index contributed by atoms with van der Waals surface area (Å²) in [7, 11) is -3.70. The maximum absolute atomic E-state index is 14.3. The molecule has 6 amide bonds. The summed E-state index contributed by atoms with van der Waals surface area (Å²) >= 11 is 0. The van der Waals surface area contributed by atoms with Crippen molar-refractivity contribution in [2.24, 2.45) is 0 Å². The fourth-order valence-electron chi connectivity index (χ4n) is 17.0. The standard InChI is InChI=1S/C77H47F3N4O8S/c1-93(91,92)82-60(86)7-3-5-33-84-75(89)57-30-26-53-49-22-18-45-41-14-10-37-35-8-12-39-43-16-20-47-51-24-28-55-71-56(74(88)83(73(55)87)32-4-2-6-59(85)81-34-77(78,79)80)29-25-52(69(51)71)48-21-17-44(65(43)67(47)48)40-13-9-36(61(35)63(39)40)38-11-15-42(64(41)62(37)38)46-19-23-50(68(49)66(45)46)54-27-31-58(76(84)90)72(57)70(53)54/h8-31H,2-7,32-34H2,1H3,(H,81,85)(H,82,86). The summed E-state index contributed by atoms with van der Waals surface area (Å²) in [6, 6.07) is 51.3.